The molecule has 0 saturated carbocycles. The third-order valence-corrected chi connectivity index (χ3v) is 4.78. The lowest BCUT2D eigenvalue weighted by Crippen LogP contribution is -2.34. The zero-order chi connectivity index (χ0) is 17.6. The molecule has 3 aliphatic rings. The third-order valence-electron chi connectivity index (χ3n) is 4.78. The van der Waals surface area contributed by atoms with Crippen LogP contribution in [0.1, 0.15) is 38.1 Å². The normalized spacial score (nSPS) is 34.9. The fourth-order valence-corrected chi connectivity index (χ4v) is 3.77. The molecule has 0 N–H and O–H groups in total. The zero-order valence-electron chi connectivity index (χ0n) is 14.7. The molecule has 25 heavy (non-hydrogen) atoms. The van der Waals surface area contributed by atoms with Crippen molar-refractivity contribution in [3.05, 3.63) is 24.3 Å². The maximum atomic E-state index is 6.29. The standard InChI is InChI=1S/C18H23N3O4/c1-5-11-14-13(21-9-20-11)10(7-19-14)15-17-16(24-18(3,4)25-17)12(23-15)8-22-6-2/h5,7,9-10,12,15-17H,1,6,8H2,2-4H3/t10?,12-,15+,16-,17+/m1/s1. The summed E-state index contributed by atoms with van der Waals surface area (Å²) in [4.78, 5) is 13.2. The summed E-state index contributed by atoms with van der Waals surface area (Å²) < 4.78 is 24.1. The second-order valence-corrected chi connectivity index (χ2v) is 6.86. The first-order valence-corrected chi connectivity index (χ1v) is 8.64. The highest BCUT2D eigenvalue weighted by atomic mass is 16.8. The maximum absolute atomic E-state index is 6.29. The van der Waals surface area contributed by atoms with Crippen molar-refractivity contribution in [2.24, 2.45) is 4.99 Å². The summed E-state index contributed by atoms with van der Waals surface area (Å²) in [5.74, 6) is -0.744. The molecule has 1 aromatic heterocycles. The summed E-state index contributed by atoms with van der Waals surface area (Å²) in [5.41, 5.74) is 2.33. The van der Waals surface area contributed by atoms with E-state index in [2.05, 4.69) is 21.5 Å². The molecular weight excluding hydrogens is 322 g/mol. The van der Waals surface area contributed by atoms with Crippen molar-refractivity contribution in [1.82, 2.24) is 9.97 Å². The predicted octanol–water partition coefficient (Wildman–Crippen LogP) is 2.24. The average molecular weight is 345 g/mol. The van der Waals surface area contributed by atoms with Crippen molar-refractivity contribution in [1.29, 1.82) is 0 Å². The number of aromatic nitrogens is 2. The molecule has 0 amide bonds. The van der Waals surface area contributed by atoms with Crippen LogP contribution in [0.25, 0.3) is 6.08 Å². The summed E-state index contributed by atoms with van der Waals surface area (Å²) in [5, 5.41) is 0. The molecule has 0 aromatic carbocycles. The minimum absolute atomic E-state index is 0.103. The monoisotopic (exact) mass is 345 g/mol. The number of hydrogen-bond donors (Lipinski definition) is 0. The molecule has 2 fully saturated rings. The minimum Gasteiger partial charge on any atom is -0.379 e. The Morgan fingerprint density at radius 2 is 2.04 bits per heavy atom. The fraction of sp³-hybridized carbons (Fsp3) is 0.611. The molecular formula is C18H23N3O4. The predicted molar refractivity (Wildman–Crippen MR) is 92.0 cm³/mol. The molecule has 0 spiro atoms. The van der Waals surface area contributed by atoms with Crippen LogP contribution in [0.2, 0.25) is 0 Å². The van der Waals surface area contributed by atoms with Gasteiger partial charge in [-0.05, 0) is 26.8 Å². The Kier molecular flexibility index (Phi) is 4.19. The number of hydrogen-bond acceptors (Lipinski definition) is 7. The summed E-state index contributed by atoms with van der Waals surface area (Å²) in [6.45, 7) is 10.7. The Bertz CT molecular complexity index is 706. The average Bonchev–Trinajstić information content (AvgIpc) is 3.23. The van der Waals surface area contributed by atoms with Gasteiger partial charge in [0, 0.05) is 12.8 Å². The van der Waals surface area contributed by atoms with E-state index >= 15 is 0 Å². The zero-order valence-corrected chi connectivity index (χ0v) is 14.7. The van der Waals surface area contributed by atoms with Gasteiger partial charge in [0.2, 0.25) is 0 Å². The first kappa shape index (κ1) is 16.8. The molecule has 4 rings (SSSR count). The van der Waals surface area contributed by atoms with Crippen LogP contribution in [0.5, 0.6) is 0 Å². The van der Waals surface area contributed by atoms with Gasteiger partial charge >= 0.3 is 0 Å². The van der Waals surface area contributed by atoms with Crippen molar-refractivity contribution in [2.75, 3.05) is 13.2 Å². The highest BCUT2D eigenvalue weighted by Gasteiger charge is 2.57. The number of rotatable bonds is 5. The van der Waals surface area contributed by atoms with Gasteiger partial charge in [-0.1, -0.05) is 6.58 Å². The second-order valence-electron chi connectivity index (χ2n) is 6.86. The number of fused-ring (bicyclic) bond motifs is 2. The van der Waals surface area contributed by atoms with Gasteiger partial charge in [0.1, 0.15) is 36.4 Å². The van der Waals surface area contributed by atoms with E-state index in [1.165, 1.54) is 6.33 Å². The molecule has 0 radical (unpaired) electrons. The van der Waals surface area contributed by atoms with Crippen LogP contribution in [-0.2, 0) is 18.9 Å². The maximum Gasteiger partial charge on any atom is 0.164 e. The summed E-state index contributed by atoms with van der Waals surface area (Å²) in [7, 11) is 0. The van der Waals surface area contributed by atoms with Crippen LogP contribution in [0.4, 0.5) is 5.69 Å². The molecule has 0 aliphatic carbocycles. The lowest BCUT2D eigenvalue weighted by Gasteiger charge is -2.26. The smallest absolute Gasteiger partial charge is 0.164 e. The van der Waals surface area contributed by atoms with Gasteiger partial charge in [0.05, 0.1) is 23.9 Å². The summed E-state index contributed by atoms with van der Waals surface area (Å²) in [6, 6.07) is 0. The topological polar surface area (TPSA) is 75.1 Å². The Labute approximate surface area is 147 Å². The SMILES string of the molecule is C=Cc1ncnc2c1N=CC2[C@@H]1O[C@H](COCC)[C@H]2OC(C)(C)O[C@H]21. The van der Waals surface area contributed by atoms with Crippen molar-refractivity contribution < 1.29 is 18.9 Å². The van der Waals surface area contributed by atoms with Gasteiger partial charge in [-0.2, -0.15) is 0 Å². The molecule has 1 unspecified atom stereocenters. The number of aliphatic imine (C=N–C) groups is 1. The van der Waals surface area contributed by atoms with Gasteiger partial charge in [0.15, 0.2) is 5.79 Å². The first-order chi connectivity index (χ1) is 12.0. The van der Waals surface area contributed by atoms with E-state index in [-0.39, 0.29) is 30.3 Å². The molecule has 0 bridgehead atoms. The van der Waals surface area contributed by atoms with E-state index in [1.54, 1.807) is 6.08 Å². The Morgan fingerprint density at radius 1 is 1.24 bits per heavy atom. The largest absolute Gasteiger partial charge is 0.379 e. The van der Waals surface area contributed by atoms with Crippen LogP contribution in [0.3, 0.4) is 0 Å². The van der Waals surface area contributed by atoms with E-state index in [4.69, 9.17) is 18.9 Å². The Morgan fingerprint density at radius 3 is 2.80 bits per heavy atom. The van der Waals surface area contributed by atoms with E-state index in [0.717, 1.165) is 17.1 Å². The molecule has 1 aromatic rings. The Balaban J connectivity index is 1.63. The third kappa shape index (κ3) is 2.81. The first-order valence-electron chi connectivity index (χ1n) is 8.64. The van der Waals surface area contributed by atoms with Crippen molar-refractivity contribution in [2.45, 2.75) is 56.9 Å². The number of nitrogens with zero attached hydrogens (tertiary/aromatic N) is 3. The van der Waals surface area contributed by atoms with Gasteiger partial charge in [-0.3, -0.25) is 4.99 Å². The molecule has 7 nitrogen and oxygen atoms in total. The van der Waals surface area contributed by atoms with Crippen LogP contribution in [0, 0.1) is 0 Å². The van der Waals surface area contributed by atoms with E-state index in [1.807, 2.05) is 27.0 Å². The Hall–Kier alpha value is -1.67. The minimum atomic E-state index is -0.641. The van der Waals surface area contributed by atoms with Crippen LogP contribution >= 0.6 is 0 Å². The molecule has 2 saturated heterocycles. The fourth-order valence-electron chi connectivity index (χ4n) is 3.77. The summed E-state index contributed by atoms with van der Waals surface area (Å²) in [6.07, 6.45) is 4.34. The molecule has 4 heterocycles. The summed E-state index contributed by atoms with van der Waals surface area (Å²) >= 11 is 0. The van der Waals surface area contributed by atoms with E-state index < -0.39 is 5.79 Å². The highest BCUT2D eigenvalue weighted by molar-refractivity contribution is 5.83. The van der Waals surface area contributed by atoms with Gasteiger partial charge in [-0.15, -0.1) is 0 Å². The van der Waals surface area contributed by atoms with Crippen molar-refractivity contribution >= 4 is 18.0 Å². The van der Waals surface area contributed by atoms with Crippen LogP contribution in [-0.4, -0.2) is 59.6 Å². The van der Waals surface area contributed by atoms with Crippen molar-refractivity contribution in [3.63, 3.8) is 0 Å². The van der Waals surface area contributed by atoms with E-state index in [9.17, 15) is 0 Å². The van der Waals surface area contributed by atoms with Gasteiger partial charge in [-0.25, -0.2) is 9.97 Å². The number of ether oxygens (including phenoxy) is 4. The van der Waals surface area contributed by atoms with Gasteiger partial charge in [0.25, 0.3) is 0 Å². The van der Waals surface area contributed by atoms with E-state index in [0.29, 0.717) is 13.2 Å². The molecule has 5 atom stereocenters. The molecule has 134 valence electrons. The highest BCUT2D eigenvalue weighted by Crippen LogP contribution is 2.45. The molecule has 7 heteroatoms. The van der Waals surface area contributed by atoms with Gasteiger partial charge < -0.3 is 18.9 Å². The van der Waals surface area contributed by atoms with Crippen molar-refractivity contribution in [3.8, 4) is 0 Å². The second kappa shape index (κ2) is 6.25. The lowest BCUT2D eigenvalue weighted by molar-refractivity contribution is -0.192. The van der Waals surface area contributed by atoms with Crippen LogP contribution < -0.4 is 0 Å². The lowest BCUT2D eigenvalue weighted by atomic mass is 9.94. The van der Waals surface area contributed by atoms with Crippen LogP contribution in [0.15, 0.2) is 17.9 Å². The quantitative estimate of drug-likeness (QED) is 0.815. The molecule has 3 aliphatic heterocycles.